The van der Waals surface area contributed by atoms with Gasteiger partial charge in [0.2, 0.25) is 0 Å². The molecule has 182 valence electrons. The number of aromatic nitrogens is 8. The fourth-order valence-electron chi connectivity index (χ4n) is 3.71. The van der Waals surface area contributed by atoms with Gasteiger partial charge < -0.3 is 19.2 Å². The first-order valence-electron chi connectivity index (χ1n) is 11.5. The van der Waals surface area contributed by atoms with Crippen LogP contribution in [0.2, 0.25) is 0 Å². The van der Waals surface area contributed by atoms with Crippen LogP contribution in [0, 0.1) is 0 Å². The minimum Gasteiger partial charge on any atom is -0.375 e. The maximum absolute atomic E-state index is 13.0. The van der Waals surface area contributed by atoms with Gasteiger partial charge in [-0.2, -0.15) is 0 Å². The molecule has 0 bridgehead atoms. The number of pyridine rings is 3. The van der Waals surface area contributed by atoms with E-state index in [2.05, 4.69) is 35.5 Å². The van der Waals surface area contributed by atoms with Gasteiger partial charge in [-0.3, -0.25) is 9.78 Å². The zero-order chi connectivity index (χ0) is 24.9. The van der Waals surface area contributed by atoms with Crippen molar-refractivity contribution in [3.8, 4) is 11.5 Å². The van der Waals surface area contributed by atoms with Crippen LogP contribution in [-0.2, 0) is 17.9 Å². The predicted octanol–water partition coefficient (Wildman–Crippen LogP) is 3.53. The van der Waals surface area contributed by atoms with E-state index in [0.29, 0.717) is 42.6 Å². The lowest BCUT2D eigenvalue weighted by atomic mass is 10.3. The van der Waals surface area contributed by atoms with E-state index in [0.717, 1.165) is 11.1 Å². The van der Waals surface area contributed by atoms with Crippen molar-refractivity contribution in [2.24, 2.45) is 0 Å². The molecule has 0 fully saturated rings. The van der Waals surface area contributed by atoms with Crippen LogP contribution in [-0.4, -0.2) is 51.8 Å². The van der Waals surface area contributed by atoms with Crippen LogP contribution in [0.4, 0.5) is 5.82 Å². The highest BCUT2D eigenvalue weighted by atomic mass is 16.5. The number of carbonyl (C=O) groups is 1. The molecular weight excluding hydrogens is 458 g/mol. The number of hydrogen-bond acceptors (Lipinski definition) is 8. The van der Waals surface area contributed by atoms with Crippen LogP contribution in [0.5, 0.6) is 0 Å². The van der Waals surface area contributed by atoms with Gasteiger partial charge in [0.1, 0.15) is 29.0 Å². The highest BCUT2D eigenvalue weighted by Gasteiger charge is 2.15. The normalized spacial score (nSPS) is 11.3. The number of carbonyl (C=O) groups excluding carboxylic acids is 1. The van der Waals surface area contributed by atoms with Crippen LogP contribution in [0.1, 0.15) is 35.9 Å². The summed E-state index contributed by atoms with van der Waals surface area (Å²) in [6.45, 7) is 5.63. The van der Waals surface area contributed by atoms with Crippen LogP contribution < -0.4 is 5.32 Å². The molecule has 0 unspecified atom stereocenters. The Bertz CT molecular complexity index is 1480. The lowest BCUT2D eigenvalue weighted by molar-refractivity contribution is 0.102. The molecule has 0 atom stereocenters. The number of nitrogens with one attached hydrogen (secondary N) is 1. The van der Waals surface area contributed by atoms with Crippen molar-refractivity contribution in [2.75, 3.05) is 11.9 Å². The van der Waals surface area contributed by atoms with Gasteiger partial charge in [-0.05, 0) is 43.7 Å². The van der Waals surface area contributed by atoms with Gasteiger partial charge in [-0.15, -0.1) is 10.2 Å². The third kappa shape index (κ3) is 5.10. The zero-order valence-electron chi connectivity index (χ0n) is 19.9. The zero-order valence-corrected chi connectivity index (χ0v) is 19.9. The highest BCUT2D eigenvalue weighted by Crippen LogP contribution is 2.20. The fraction of sp³-hybridized carbons (Fsp3) is 0.240. The molecule has 5 rings (SSSR count). The third-order valence-corrected chi connectivity index (χ3v) is 5.56. The molecule has 0 aromatic carbocycles. The second-order valence-corrected chi connectivity index (χ2v) is 8.43. The molecule has 0 spiro atoms. The number of anilines is 1. The average Bonchev–Trinajstić information content (AvgIpc) is 3.55. The van der Waals surface area contributed by atoms with E-state index in [4.69, 9.17) is 4.74 Å². The van der Waals surface area contributed by atoms with Crippen LogP contribution >= 0.6 is 0 Å². The number of rotatable bonds is 9. The standard InChI is InChI=1S/C25H25N9O2/c1-17(2)34-16-29-32-24(34)19-6-3-7-23(30-19)31-25(35)20-11-22-21(13-27-20)28-15-33(22)9-10-36-14-18-5-4-8-26-12-18/h3-8,11-13,15-17H,9-10,14H2,1-2H3,(H,30,31,35). The van der Waals surface area contributed by atoms with Gasteiger partial charge in [0.15, 0.2) is 5.82 Å². The average molecular weight is 484 g/mol. The minimum atomic E-state index is -0.368. The Labute approximate surface area is 207 Å². The highest BCUT2D eigenvalue weighted by molar-refractivity contribution is 6.03. The first-order valence-corrected chi connectivity index (χ1v) is 11.5. The summed E-state index contributed by atoms with van der Waals surface area (Å²) in [5.74, 6) is 0.665. The molecule has 5 aromatic heterocycles. The number of imidazole rings is 1. The number of ether oxygens (including phenoxy) is 1. The summed E-state index contributed by atoms with van der Waals surface area (Å²) in [7, 11) is 0. The minimum absolute atomic E-state index is 0.177. The smallest absolute Gasteiger partial charge is 0.275 e. The van der Waals surface area contributed by atoms with Crippen molar-refractivity contribution in [3.05, 3.63) is 78.9 Å². The van der Waals surface area contributed by atoms with Crippen molar-refractivity contribution < 1.29 is 9.53 Å². The van der Waals surface area contributed by atoms with E-state index in [1.165, 1.54) is 0 Å². The summed E-state index contributed by atoms with van der Waals surface area (Å²) in [5.41, 5.74) is 3.39. The molecule has 5 aromatic rings. The molecule has 1 amide bonds. The van der Waals surface area contributed by atoms with Crippen molar-refractivity contribution in [1.29, 1.82) is 0 Å². The first-order chi connectivity index (χ1) is 17.6. The van der Waals surface area contributed by atoms with Gasteiger partial charge in [0.25, 0.3) is 5.91 Å². The van der Waals surface area contributed by atoms with Crippen molar-refractivity contribution in [2.45, 2.75) is 33.0 Å². The summed E-state index contributed by atoms with van der Waals surface area (Å²) >= 11 is 0. The summed E-state index contributed by atoms with van der Waals surface area (Å²) in [5, 5.41) is 11.0. The molecule has 0 aliphatic carbocycles. The third-order valence-electron chi connectivity index (χ3n) is 5.56. The first kappa shape index (κ1) is 23.2. The molecule has 0 saturated carbocycles. The summed E-state index contributed by atoms with van der Waals surface area (Å²) < 4.78 is 9.62. The molecule has 36 heavy (non-hydrogen) atoms. The summed E-state index contributed by atoms with van der Waals surface area (Å²) in [6, 6.07) is 11.1. The van der Waals surface area contributed by atoms with E-state index in [-0.39, 0.29) is 17.6 Å². The Morgan fingerprint density at radius 2 is 2.03 bits per heavy atom. The van der Waals surface area contributed by atoms with E-state index >= 15 is 0 Å². The van der Waals surface area contributed by atoms with E-state index in [9.17, 15) is 4.79 Å². The maximum Gasteiger partial charge on any atom is 0.275 e. The Morgan fingerprint density at radius 1 is 1.11 bits per heavy atom. The number of fused-ring (bicyclic) bond motifs is 1. The van der Waals surface area contributed by atoms with Crippen molar-refractivity contribution in [1.82, 2.24) is 39.3 Å². The monoisotopic (exact) mass is 483 g/mol. The molecule has 0 aliphatic rings. The van der Waals surface area contributed by atoms with Crippen molar-refractivity contribution >= 4 is 22.8 Å². The maximum atomic E-state index is 13.0. The number of nitrogens with zero attached hydrogens (tertiary/aromatic N) is 8. The van der Waals surface area contributed by atoms with Gasteiger partial charge in [0.05, 0.1) is 31.3 Å². The molecule has 1 N–H and O–H groups in total. The van der Waals surface area contributed by atoms with Crippen LogP contribution in [0.25, 0.3) is 22.6 Å². The molecular formula is C25H25N9O2. The summed E-state index contributed by atoms with van der Waals surface area (Å²) in [6.07, 6.45) is 8.49. The Balaban J connectivity index is 1.27. The van der Waals surface area contributed by atoms with E-state index in [1.807, 2.05) is 47.2 Å². The lowest BCUT2D eigenvalue weighted by Crippen LogP contribution is -2.15. The van der Waals surface area contributed by atoms with Gasteiger partial charge in [0, 0.05) is 25.0 Å². The molecule has 0 radical (unpaired) electrons. The number of hydrogen-bond donors (Lipinski definition) is 1. The topological polar surface area (TPSA) is 126 Å². The molecule has 0 saturated heterocycles. The van der Waals surface area contributed by atoms with E-state index < -0.39 is 0 Å². The second-order valence-electron chi connectivity index (χ2n) is 8.43. The van der Waals surface area contributed by atoms with Gasteiger partial charge in [-0.1, -0.05) is 12.1 Å². The molecule has 11 nitrogen and oxygen atoms in total. The lowest BCUT2D eigenvalue weighted by Gasteiger charge is -2.10. The Hall–Kier alpha value is -4.51. The predicted molar refractivity (Wildman–Crippen MR) is 133 cm³/mol. The Morgan fingerprint density at radius 3 is 2.86 bits per heavy atom. The van der Waals surface area contributed by atoms with Crippen LogP contribution in [0.15, 0.2) is 67.6 Å². The molecule has 5 heterocycles. The summed E-state index contributed by atoms with van der Waals surface area (Å²) in [4.78, 5) is 30.3. The Kier molecular flexibility index (Phi) is 6.72. The second kappa shape index (κ2) is 10.4. The van der Waals surface area contributed by atoms with Gasteiger partial charge >= 0.3 is 0 Å². The molecule has 11 heteroatoms. The van der Waals surface area contributed by atoms with E-state index in [1.54, 1.807) is 43.4 Å². The largest absolute Gasteiger partial charge is 0.375 e. The fourth-order valence-corrected chi connectivity index (χ4v) is 3.71. The van der Waals surface area contributed by atoms with Crippen molar-refractivity contribution in [3.63, 3.8) is 0 Å². The number of amides is 1. The molecule has 0 aliphatic heterocycles. The SMILES string of the molecule is CC(C)n1cnnc1-c1cccc(NC(=O)c2cc3c(cn2)ncn3CCOCc2cccnc2)n1. The quantitative estimate of drug-likeness (QED) is 0.316. The van der Waals surface area contributed by atoms with Gasteiger partial charge in [-0.25, -0.2) is 15.0 Å². The van der Waals surface area contributed by atoms with Crippen LogP contribution in [0.3, 0.4) is 0 Å².